The van der Waals surface area contributed by atoms with Gasteiger partial charge in [0.05, 0.1) is 6.61 Å². The first kappa shape index (κ1) is 18.1. The van der Waals surface area contributed by atoms with Gasteiger partial charge < -0.3 is 4.74 Å². The van der Waals surface area contributed by atoms with Gasteiger partial charge in [-0.15, -0.1) is 0 Å². The number of nitrogens with zero attached hydrogens (tertiary/aromatic N) is 1. The van der Waals surface area contributed by atoms with Crippen molar-refractivity contribution < 1.29 is 14.3 Å². The summed E-state index contributed by atoms with van der Waals surface area (Å²) >= 11 is 5.96. The smallest absolute Gasteiger partial charge is 0.315 e. The van der Waals surface area contributed by atoms with E-state index in [2.05, 4.69) is 4.99 Å². The van der Waals surface area contributed by atoms with Gasteiger partial charge in [-0.2, -0.15) is 0 Å². The number of ether oxygens (including phenoxy) is 1. The first-order valence-corrected chi connectivity index (χ1v) is 9.42. The van der Waals surface area contributed by atoms with Gasteiger partial charge in [0.15, 0.2) is 0 Å². The van der Waals surface area contributed by atoms with E-state index in [-0.39, 0.29) is 24.2 Å². The molecule has 1 aromatic rings. The Morgan fingerprint density at radius 2 is 1.88 bits per heavy atom. The highest BCUT2D eigenvalue weighted by Gasteiger charge is 2.38. The summed E-state index contributed by atoms with van der Waals surface area (Å²) in [4.78, 5) is 28.7. The van der Waals surface area contributed by atoms with E-state index in [1.54, 1.807) is 19.1 Å². The van der Waals surface area contributed by atoms with Crippen LogP contribution in [0.1, 0.15) is 56.9 Å². The van der Waals surface area contributed by atoms with Crippen molar-refractivity contribution in [2.45, 2.75) is 51.4 Å². The van der Waals surface area contributed by atoms with Gasteiger partial charge in [-0.3, -0.25) is 9.59 Å². The number of hydrogen-bond donors (Lipinski definition) is 0. The highest BCUT2D eigenvalue weighted by molar-refractivity contribution is 6.30. The molecule has 0 spiro atoms. The molecule has 1 saturated carbocycles. The molecule has 4 nitrogen and oxygen atoms in total. The molecule has 1 fully saturated rings. The van der Waals surface area contributed by atoms with Gasteiger partial charge in [0, 0.05) is 23.1 Å². The Kier molecular flexibility index (Phi) is 5.89. The first-order chi connectivity index (χ1) is 12.0. The van der Waals surface area contributed by atoms with Crippen LogP contribution in [0.3, 0.4) is 0 Å². The molecule has 2 aliphatic rings. The molecule has 0 radical (unpaired) electrons. The molecular formula is C20H24ClNO3. The quantitative estimate of drug-likeness (QED) is 0.739. The second-order valence-corrected chi connectivity index (χ2v) is 7.56. The van der Waals surface area contributed by atoms with Gasteiger partial charge in [-0.05, 0) is 43.4 Å². The molecule has 0 saturated heterocycles. The predicted molar refractivity (Wildman–Crippen MR) is 98.0 cm³/mol. The summed E-state index contributed by atoms with van der Waals surface area (Å²) in [5.74, 6) is -0.717. The SMILES string of the molecule is CC1=NC(=O)CC(c2ccc(Cl)cc2)C1C(=O)OCC1CCCCC1. The lowest BCUT2D eigenvalue weighted by Gasteiger charge is -2.29. The summed E-state index contributed by atoms with van der Waals surface area (Å²) in [6, 6.07) is 7.32. The van der Waals surface area contributed by atoms with E-state index in [9.17, 15) is 9.59 Å². The molecular weight excluding hydrogens is 338 g/mol. The van der Waals surface area contributed by atoms with E-state index < -0.39 is 5.92 Å². The average Bonchev–Trinajstić information content (AvgIpc) is 2.60. The van der Waals surface area contributed by atoms with Crippen LogP contribution in [0.15, 0.2) is 29.3 Å². The minimum Gasteiger partial charge on any atom is -0.465 e. The first-order valence-electron chi connectivity index (χ1n) is 9.04. The van der Waals surface area contributed by atoms with Crippen LogP contribution >= 0.6 is 11.6 Å². The summed E-state index contributed by atoms with van der Waals surface area (Å²) in [7, 11) is 0. The van der Waals surface area contributed by atoms with Crippen molar-refractivity contribution in [2.24, 2.45) is 16.8 Å². The summed E-state index contributed by atoms with van der Waals surface area (Å²) in [6.07, 6.45) is 6.19. The molecule has 1 aliphatic heterocycles. The lowest BCUT2D eigenvalue weighted by Crippen LogP contribution is -2.36. The topological polar surface area (TPSA) is 55.7 Å². The van der Waals surface area contributed by atoms with Crippen molar-refractivity contribution in [2.75, 3.05) is 6.61 Å². The van der Waals surface area contributed by atoms with E-state index in [0.29, 0.717) is 23.3 Å². The molecule has 2 atom stereocenters. The Morgan fingerprint density at radius 3 is 2.56 bits per heavy atom. The zero-order valence-corrected chi connectivity index (χ0v) is 15.3. The van der Waals surface area contributed by atoms with Crippen LogP contribution in [0.4, 0.5) is 0 Å². The Hall–Kier alpha value is -1.68. The van der Waals surface area contributed by atoms with E-state index in [1.807, 2.05) is 12.1 Å². The largest absolute Gasteiger partial charge is 0.465 e. The van der Waals surface area contributed by atoms with Crippen LogP contribution < -0.4 is 0 Å². The van der Waals surface area contributed by atoms with E-state index in [0.717, 1.165) is 18.4 Å². The number of rotatable bonds is 4. The molecule has 0 bridgehead atoms. The monoisotopic (exact) mass is 361 g/mol. The molecule has 5 heteroatoms. The Labute approximate surface area is 153 Å². The minimum absolute atomic E-state index is 0.186. The number of hydrogen-bond acceptors (Lipinski definition) is 3. The predicted octanol–water partition coefficient (Wildman–Crippen LogP) is 4.55. The highest BCUT2D eigenvalue weighted by atomic mass is 35.5. The van der Waals surface area contributed by atoms with Crippen LogP contribution in [0, 0.1) is 11.8 Å². The number of carbonyl (C=O) groups excluding carboxylic acids is 2. The van der Waals surface area contributed by atoms with Crippen LogP contribution in [-0.4, -0.2) is 24.2 Å². The molecule has 1 aromatic carbocycles. The van der Waals surface area contributed by atoms with Crippen molar-refractivity contribution in [1.82, 2.24) is 0 Å². The fourth-order valence-corrected chi connectivity index (χ4v) is 4.03. The lowest BCUT2D eigenvalue weighted by atomic mass is 9.79. The third-order valence-corrected chi connectivity index (χ3v) is 5.54. The summed E-state index contributed by atoms with van der Waals surface area (Å²) in [5, 5.41) is 0.632. The normalized spacial score (nSPS) is 24.7. The van der Waals surface area contributed by atoms with E-state index >= 15 is 0 Å². The maximum Gasteiger partial charge on any atom is 0.315 e. The van der Waals surface area contributed by atoms with Crippen molar-refractivity contribution in [3.8, 4) is 0 Å². The van der Waals surface area contributed by atoms with Gasteiger partial charge in [0.1, 0.15) is 5.92 Å². The van der Waals surface area contributed by atoms with Gasteiger partial charge >= 0.3 is 5.97 Å². The van der Waals surface area contributed by atoms with Crippen molar-refractivity contribution >= 4 is 29.2 Å². The summed E-state index contributed by atoms with van der Waals surface area (Å²) < 4.78 is 5.64. The number of carbonyl (C=O) groups is 2. The second-order valence-electron chi connectivity index (χ2n) is 7.12. The van der Waals surface area contributed by atoms with E-state index in [4.69, 9.17) is 16.3 Å². The van der Waals surface area contributed by atoms with Gasteiger partial charge in [-0.25, -0.2) is 4.99 Å². The zero-order valence-electron chi connectivity index (χ0n) is 14.5. The van der Waals surface area contributed by atoms with Gasteiger partial charge in [0.2, 0.25) is 5.91 Å². The number of benzene rings is 1. The Balaban J connectivity index is 1.74. The third kappa shape index (κ3) is 4.49. The molecule has 1 aliphatic carbocycles. The molecule has 0 N–H and O–H groups in total. The zero-order chi connectivity index (χ0) is 17.8. The number of aliphatic imine (C=N–C) groups is 1. The molecule has 1 heterocycles. The summed E-state index contributed by atoms with van der Waals surface area (Å²) in [6.45, 7) is 2.22. The molecule has 25 heavy (non-hydrogen) atoms. The standard InChI is InChI=1S/C20H24ClNO3/c1-13-19(20(24)25-12-14-5-3-2-4-6-14)17(11-18(23)22-13)15-7-9-16(21)10-8-15/h7-10,14,17,19H,2-6,11-12H2,1H3. The Morgan fingerprint density at radius 1 is 1.20 bits per heavy atom. The third-order valence-electron chi connectivity index (χ3n) is 5.29. The lowest BCUT2D eigenvalue weighted by molar-refractivity contribution is -0.148. The number of halogens is 1. The van der Waals surface area contributed by atoms with Gasteiger partial charge in [0.25, 0.3) is 0 Å². The molecule has 0 aromatic heterocycles. The van der Waals surface area contributed by atoms with Crippen LogP contribution in [0.2, 0.25) is 5.02 Å². The second kappa shape index (κ2) is 8.13. The highest BCUT2D eigenvalue weighted by Crippen LogP contribution is 2.35. The minimum atomic E-state index is -0.498. The Bertz CT molecular complexity index is 662. The van der Waals surface area contributed by atoms with Crippen molar-refractivity contribution in [1.29, 1.82) is 0 Å². The maximum absolute atomic E-state index is 12.8. The molecule has 2 unspecified atom stereocenters. The van der Waals surface area contributed by atoms with Gasteiger partial charge in [-0.1, -0.05) is 43.0 Å². The van der Waals surface area contributed by atoms with Crippen LogP contribution in [-0.2, 0) is 14.3 Å². The molecule has 3 rings (SSSR count). The molecule has 1 amide bonds. The number of esters is 1. The van der Waals surface area contributed by atoms with Crippen molar-refractivity contribution in [3.63, 3.8) is 0 Å². The molecule has 134 valence electrons. The number of amides is 1. The van der Waals surface area contributed by atoms with Crippen LogP contribution in [0.5, 0.6) is 0 Å². The average molecular weight is 362 g/mol. The fourth-order valence-electron chi connectivity index (χ4n) is 3.91. The van der Waals surface area contributed by atoms with E-state index in [1.165, 1.54) is 19.3 Å². The van der Waals surface area contributed by atoms with Crippen molar-refractivity contribution in [3.05, 3.63) is 34.9 Å². The summed E-state index contributed by atoms with van der Waals surface area (Å²) in [5.41, 5.74) is 1.47. The van der Waals surface area contributed by atoms with Crippen LogP contribution in [0.25, 0.3) is 0 Å². The maximum atomic E-state index is 12.8. The fraction of sp³-hybridized carbons (Fsp3) is 0.550.